The fraction of sp³-hybridized carbons (Fsp3) is 0.333. The van der Waals surface area contributed by atoms with E-state index in [9.17, 15) is 14.4 Å². The van der Waals surface area contributed by atoms with Crippen molar-refractivity contribution in [2.75, 3.05) is 5.32 Å². The number of anilines is 1. The summed E-state index contributed by atoms with van der Waals surface area (Å²) in [5.74, 6) is 0.298. The highest BCUT2D eigenvalue weighted by Crippen LogP contribution is 2.18. The predicted molar refractivity (Wildman–Crippen MR) is 118 cm³/mol. The van der Waals surface area contributed by atoms with Crippen LogP contribution in [-0.2, 0) is 17.9 Å². The second-order valence-corrected chi connectivity index (χ2v) is 8.68. The number of nitrogens with zero attached hydrogens (tertiary/aromatic N) is 4. The average molecular weight is 426 g/mol. The quantitative estimate of drug-likeness (QED) is 0.514. The van der Waals surface area contributed by atoms with Gasteiger partial charge < -0.3 is 5.32 Å². The van der Waals surface area contributed by atoms with E-state index in [1.165, 1.54) is 20.3 Å². The number of hydrogen-bond donors (Lipinski definition) is 1. The van der Waals surface area contributed by atoms with Crippen LogP contribution in [0.25, 0.3) is 16.0 Å². The molecular formula is C21H23N5O3S. The minimum Gasteiger partial charge on any atom is -0.324 e. The smallest absolute Gasteiger partial charge is 0.324 e. The van der Waals surface area contributed by atoms with E-state index in [0.29, 0.717) is 28.4 Å². The minimum absolute atomic E-state index is 0.158. The zero-order valence-electron chi connectivity index (χ0n) is 17.1. The third-order valence-corrected chi connectivity index (χ3v) is 5.84. The van der Waals surface area contributed by atoms with Crippen LogP contribution < -0.4 is 16.6 Å². The molecule has 1 amide bonds. The average Bonchev–Trinajstić information content (AvgIpc) is 3.29. The molecule has 4 aromatic rings. The van der Waals surface area contributed by atoms with Crippen molar-refractivity contribution in [3.8, 4) is 0 Å². The summed E-state index contributed by atoms with van der Waals surface area (Å²) >= 11 is 1.30. The van der Waals surface area contributed by atoms with Gasteiger partial charge in [-0.25, -0.2) is 13.9 Å². The van der Waals surface area contributed by atoms with Gasteiger partial charge in [0.25, 0.3) is 5.56 Å². The molecule has 3 heterocycles. The maximum absolute atomic E-state index is 13.0. The van der Waals surface area contributed by atoms with Crippen molar-refractivity contribution < 1.29 is 4.79 Å². The molecule has 1 aromatic carbocycles. The van der Waals surface area contributed by atoms with Gasteiger partial charge in [-0.3, -0.25) is 14.2 Å². The van der Waals surface area contributed by atoms with Gasteiger partial charge in [-0.2, -0.15) is 0 Å². The number of hydrogen-bond acceptors (Lipinski definition) is 5. The first kappa shape index (κ1) is 20.1. The van der Waals surface area contributed by atoms with Crippen molar-refractivity contribution in [1.29, 1.82) is 0 Å². The number of carbonyl (C=O) groups excluding carboxylic acids is 1. The Kier molecular flexibility index (Phi) is 5.29. The third-order valence-electron chi connectivity index (χ3n) is 4.95. The Labute approximate surface area is 176 Å². The van der Waals surface area contributed by atoms with Crippen LogP contribution in [0.2, 0.25) is 0 Å². The molecule has 0 saturated heterocycles. The van der Waals surface area contributed by atoms with E-state index in [-0.39, 0.29) is 23.8 Å². The minimum atomic E-state index is -0.439. The summed E-state index contributed by atoms with van der Waals surface area (Å²) in [5.41, 5.74) is 1.66. The standard InChI is InChI=1S/C21H23N5O3S/c1-13(2)8-10-24-19(28)18-16(9-11-30-18)26-20(24)23-25(21(26)29)12-17(27)22-15-6-4-14(3)5-7-15/h4-7,9,11,13H,8,10,12H2,1-3H3,(H,22,27). The van der Waals surface area contributed by atoms with Gasteiger partial charge in [0.2, 0.25) is 11.7 Å². The highest BCUT2D eigenvalue weighted by atomic mass is 32.1. The fourth-order valence-corrected chi connectivity index (χ4v) is 4.12. The van der Waals surface area contributed by atoms with Gasteiger partial charge in [-0.15, -0.1) is 16.4 Å². The summed E-state index contributed by atoms with van der Waals surface area (Å²) in [7, 11) is 0. The van der Waals surface area contributed by atoms with Crippen molar-refractivity contribution in [3.05, 3.63) is 62.1 Å². The predicted octanol–water partition coefficient (Wildman–Crippen LogP) is 2.87. The number of carbonyl (C=O) groups is 1. The van der Waals surface area contributed by atoms with E-state index >= 15 is 0 Å². The lowest BCUT2D eigenvalue weighted by atomic mass is 10.1. The van der Waals surface area contributed by atoms with Gasteiger partial charge in [0, 0.05) is 12.2 Å². The molecule has 0 bridgehead atoms. The number of benzene rings is 1. The molecule has 0 radical (unpaired) electrons. The molecule has 0 fully saturated rings. The van der Waals surface area contributed by atoms with E-state index in [4.69, 9.17) is 0 Å². The lowest BCUT2D eigenvalue weighted by Gasteiger charge is -2.09. The van der Waals surface area contributed by atoms with Gasteiger partial charge in [0.1, 0.15) is 11.2 Å². The van der Waals surface area contributed by atoms with Crippen molar-refractivity contribution in [2.24, 2.45) is 5.92 Å². The molecule has 4 rings (SSSR count). The van der Waals surface area contributed by atoms with Gasteiger partial charge in [0.05, 0.1) is 5.52 Å². The molecule has 3 aromatic heterocycles. The topological polar surface area (TPSA) is 90.4 Å². The highest BCUT2D eigenvalue weighted by molar-refractivity contribution is 7.17. The van der Waals surface area contributed by atoms with Crippen LogP contribution in [0.5, 0.6) is 0 Å². The Hall–Kier alpha value is -3.20. The largest absolute Gasteiger partial charge is 0.352 e. The van der Waals surface area contributed by atoms with Gasteiger partial charge >= 0.3 is 5.69 Å². The molecule has 0 unspecified atom stereocenters. The number of fused-ring (bicyclic) bond motifs is 3. The summed E-state index contributed by atoms with van der Waals surface area (Å²) in [6.07, 6.45) is 0.779. The van der Waals surface area contributed by atoms with Crippen molar-refractivity contribution in [3.63, 3.8) is 0 Å². The second-order valence-electron chi connectivity index (χ2n) is 7.76. The monoisotopic (exact) mass is 425 g/mol. The Bertz CT molecular complexity index is 1340. The van der Waals surface area contributed by atoms with E-state index < -0.39 is 5.69 Å². The molecule has 0 aliphatic carbocycles. The molecule has 0 atom stereocenters. The Balaban J connectivity index is 1.74. The molecule has 0 aliphatic heterocycles. The van der Waals surface area contributed by atoms with E-state index in [2.05, 4.69) is 24.3 Å². The number of thiophene rings is 1. The summed E-state index contributed by atoms with van der Waals surface area (Å²) in [5, 5.41) is 8.91. The van der Waals surface area contributed by atoms with Crippen LogP contribution in [-0.4, -0.2) is 24.7 Å². The first-order chi connectivity index (χ1) is 14.3. The fourth-order valence-electron chi connectivity index (χ4n) is 3.30. The molecule has 0 saturated carbocycles. The number of amides is 1. The number of rotatable bonds is 6. The first-order valence-electron chi connectivity index (χ1n) is 9.81. The Morgan fingerprint density at radius 2 is 1.90 bits per heavy atom. The number of aromatic nitrogens is 4. The summed E-state index contributed by atoms with van der Waals surface area (Å²) < 4.78 is 4.58. The lowest BCUT2D eigenvalue weighted by molar-refractivity contribution is -0.117. The number of nitrogens with one attached hydrogen (secondary N) is 1. The van der Waals surface area contributed by atoms with Gasteiger partial charge in [-0.05, 0) is 42.8 Å². The van der Waals surface area contributed by atoms with Crippen molar-refractivity contribution >= 4 is 38.9 Å². The van der Waals surface area contributed by atoms with Crippen LogP contribution in [0.1, 0.15) is 25.8 Å². The zero-order chi connectivity index (χ0) is 21.4. The van der Waals surface area contributed by atoms with Crippen LogP contribution in [0.4, 0.5) is 5.69 Å². The molecule has 8 nitrogen and oxygen atoms in total. The van der Waals surface area contributed by atoms with Crippen LogP contribution in [0, 0.1) is 12.8 Å². The van der Waals surface area contributed by atoms with Crippen LogP contribution in [0.15, 0.2) is 45.3 Å². The summed E-state index contributed by atoms with van der Waals surface area (Å²) in [6.45, 7) is 6.34. The Morgan fingerprint density at radius 3 is 2.60 bits per heavy atom. The third kappa shape index (κ3) is 3.68. The van der Waals surface area contributed by atoms with E-state index in [1.54, 1.807) is 23.6 Å². The molecule has 0 aliphatic rings. The maximum Gasteiger partial charge on any atom is 0.352 e. The van der Waals surface area contributed by atoms with Crippen molar-refractivity contribution in [1.82, 2.24) is 18.7 Å². The number of aryl methyl sites for hydroxylation is 2. The zero-order valence-corrected chi connectivity index (χ0v) is 17.9. The van der Waals surface area contributed by atoms with Crippen molar-refractivity contribution in [2.45, 2.75) is 40.3 Å². The SMILES string of the molecule is Cc1ccc(NC(=O)Cn2nc3n(CCC(C)C)c(=O)c4sccc4n3c2=O)cc1. The lowest BCUT2D eigenvalue weighted by Crippen LogP contribution is -2.29. The normalized spacial score (nSPS) is 11.6. The molecule has 30 heavy (non-hydrogen) atoms. The molecule has 0 spiro atoms. The maximum atomic E-state index is 13.0. The molecule has 9 heteroatoms. The van der Waals surface area contributed by atoms with Crippen LogP contribution >= 0.6 is 11.3 Å². The van der Waals surface area contributed by atoms with E-state index in [0.717, 1.165) is 16.7 Å². The second kappa shape index (κ2) is 7.91. The van der Waals surface area contributed by atoms with E-state index in [1.807, 2.05) is 19.1 Å². The summed E-state index contributed by atoms with van der Waals surface area (Å²) in [6, 6.07) is 9.14. The van der Waals surface area contributed by atoms with Crippen LogP contribution in [0.3, 0.4) is 0 Å². The van der Waals surface area contributed by atoms with Gasteiger partial charge in [-0.1, -0.05) is 31.5 Å². The first-order valence-corrected chi connectivity index (χ1v) is 10.7. The van der Waals surface area contributed by atoms with Gasteiger partial charge in [0.15, 0.2) is 0 Å². The molecule has 1 N–H and O–H groups in total. The summed E-state index contributed by atoms with van der Waals surface area (Å²) in [4.78, 5) is 38.5. The molecule has 156 valence electrons. The Morgan fingerprint density at radius 1 is 1.17 bits per heavy atom. The highest BCUT2D eigenvalue weighted by Gasteiger charge is 2.19. The molecular weight excluding hydrogens is 402 g/mol.